The molecular weight excluding hydrogens is 424 g/mol. The van der Waals surface area contributed by atoms with Crippen LogP contribution in [0.25, 0.3) is 0 Å². The molecule has 34 heavy (non-hydrogen) atoms. The van der Waals surface area contributed by atoms with Crippen LogP contribution in [0.3, 0.4) is 0 Å². The number of ether oxygens (including phenoxy) is 1. The number of benzene rings is 3. The first-order valence-corrected chi connectivity index (χ1v) is 11.6. The van der Waals surface area contributed by atoms with Crippen molar-refractivity contribution in [3.05, 3.63) is 84.4 Å². The Morgan fingerprint density at radius 2 is 1.56 bits per heavy atom. The van der Waals surface area contributed by atoms with Gasteiger partial charge in [-0.3, -0.25) is 14.6 Å². The average molecular weight is 453 g/mol. The first kappa shape index (κ1) is 22.1. The van der Waals surface area contributed by atoms with Crippen LogP contribution >= 0.6 is 0 Å². The number of hydrogen-bond donors (Lipinski definition) is 0. The molecule has 1 aliphatic heterocycles. The number of fused-ring (bicyclic) bond motifs is 2. The van der Waals surface area contributed by atoms with Gasteiger partial charge >= 0.3 is 0 Å². The quantitative estimate of drug-likeness (QED) is 0.446. The topological polar surface area (TPSA) is 59.0 Å². The molecule has 2 atom stereocenters. The highest BCUT2D eigenvalue weighted by Crippen LogP contribution is 2.48. The number of hydrogen-bond acceptors (Lipinski definition) is 4. The number of rotatable bonds is 3. The summed E-state index contributed by atoms with van der Waals surface area (Å²) in [7, 11) is 0. The molecule has 3 aromatic rings. The van der Waals surface area contributed by atoms with Crippen molar-refractivity contribution in [1.29, 1.82) is 0 Å². The first-order chi connectivity index (χ1) is 16.3. The third-order valence-electron chi connectivity index (χ3n) is 6.56. The van der Waals surface area contributed by atoms with Crippen LogP contribution in [0.1, 0.15) is 45.2 Å². The fraction of sp³-hybridized carbons (Fsp3) is 0.276. The summed E-state index contributed by atoms with van der Waals surface area (Å²) in [6, 6.07) is 24.5. The third kappa shape index (κ3) is 4.14. The van der Waals surface area contributed by atoms with Gasteiger partial charge in [0.15, 0.2) is 0 Å². The molecule has 0 aromatic heterocycles. The molecule has 0 N–H and O–H groups in total. The summed E-state index contributed by atoms with van der Waals surface area (Å²) in [5, 5.41) is 0. The van der Waals surface area contributed by atoms with Gasteiger partial charge in [0, 0.05) is 19.1 Å². The highest BCUT2D eigenvalue weighted by atomic mass is 16.5. The van der Waals surface area contributed by atoms with Gasteiger partial charge in [-0.1, -0.05) is 56.3 Å². The second-order valence-electron chi connectivity index (χ2n) is 9.87. The lowest BCUT2D eigenvalue weighted by Crippen LogP contribution is -2.46. The zero-order valence-electron chi connectivity index (χ0n) is 19.7. The van der Waals surface area contributed by atoms with E-state index in [1.54, 1.807) is 11.8 Å². The van der Waals surface area contributed by atoms with Crippen LogP contribution in [-0.2, 0) is 9.59 Å². The molecule has 3 aromatic carbocycles. The number of aliphatic imine (C=N–C) groups is 1. The Balaban J connectivity index is 1.60. The van der Waals surface area contributed by atoms with Gasteiger partial charge in [0.25, 0.3) is 0 Å². The molecule has 0 bridgehead atoms. The summed E-state index contributed by atoms with van der Waals surface area (Å²) in [6.45, 7) is 5.76. The molecule has 0 spiro atoms. The van der Waals surface area contributed by atoms with Gasteiger partial charge in [0.2, 0.25) is 5.91 Å². The molecule has 2 unspecified atom stereocenters. The van der Waals surface area contributed by atoms with Gasteiger partial charge in [-0.15, -0.1) is 0 Å². The Morgan fingerprint density at radius 3 is 2.26 bits per heavy atom. The Kier molecular flexibility index (Phi) is 5.56. The lowest BCUT2D eigenvalue weighted by atomic mass is 9.68. The number of carbonyl (C=O) groups is 2. The van der Waals surface area contributed by atoms with E-state index in [1.807, 2.05) is 78.9 Å². The van der Waals surface area contributed by atoms with Crippen LogP contribution in [-0.4, -0.2) is 17.4 Å². The maximum atomic E-state index is 13.6. The van der Waals surface area contributed by atoms with E-state index in [0.717, 1.165) is 34.8 Å². The van der Waals surface area contributed by atoms with E-state index >= 15 is 0 Å². The van der Waals surface area contributed by atoms with E-state index in [2.05, 4.69) is 13.8 Å². The molecule has 1 aliphatic carbocycles. The van der Waals surface area contributed by atoms with E-state index in [4.69, 9.17) is 9.73 Å². The van der Waals surface area contributed by atoms with E-state index in [9.17, 15) is 9.59 Å². The SMILES string of the molecule is CC(=O)N1c2ccccc2N=C2CC(C)(C)CC(=O)C2C1c1ccc(Oc2ccccc2)cc1. The van der Waals surface area contributed by atoms with Crippen LogP contribution < -0.4 is 9.64 Å². The number of para-hydroxylation sites is 3. The Bertz CT molecular complexity index is 1260. The highest BCUT2D eigenvalue weighted by Gasteiger charge is 2.47. The molecule has 1 fully saturated rings. The number of Topliss-reactive ketones (excluding diaryl/α,β-unsaturated/α-hetero) is 1. The van der Waals surface area contributed by atoms with Crippen molar-refractivity contribution in [2.75, 3.05) is 4.90 Å². The highest BCUT2D eigenvalue weighted by molar-refractivity contribution is 6.12. The molecule has 1 heterocycles. The summed E-state index contributed by atoms with van der Waals surface area (Å²) in [5.74, 6) is 0.983. The Hall–Kier alpha value is -3.73. The largest absolute Gasteiger partial charge is 0.457 e. The van der Waals surface area contributed by atoms with E-state index in [0.29, 0.717) is 12.2 Å². The second kappa shape index (κ2) is 8.56. The van der Waals surface area contributed by atoms with E-state index in [1.165, 1.54) is 0 Å². The lowest BCUT2D eigenvalue weighted by molar-refractivity contribution is -0.124. The number of carbonyl (C=O) groups excluding carboxylic acids is 2. The van der Waals surface area contributed by atoms with Gasteiger partial charge < -0.3 is 9.64 Å². The fourth-order valence-electron chi connectivity index (χ4n) is 5.18. The van der Waals surface area contributed by atoms with Crippen LogP contribution in [0.4, 0.5) is 11.4 Å². The number of anilines is 1. The van der Waals surface area contributed by atoms with Crippen molar-refractivity contribution >= 4 is 28.8 Å². The maximum Gasteiger partial charge on any atom is 0.224 e. The van der Waals surface area contributed by atoms with Crippen molar-refractivity contribution in [2.24, 2.45) is 16.3 Å². The van der Waals surface area contributed by atoms with Gasteiger partial charge in [-0.2, -0.15) is 0 Å². The smallest absolute Gasteiger partial charge is 0.224 e. The molecule has 1 amide bonds. The number of amides is 1. The molecule has 1 saturated carbocycles. The van der Waals surface area contributed by atoms with Crippen molar-refractivity contribution in [1.82, 2.24) is 0 Å². The molecule has 0 saturated heterocycles. The minimum absolute atomic E-state index is 0.115. The van der Waals surface area contributed by atoms with Crippen LogP contribution in [0, 0.1) is 11.3 Å². The predicted molar refractivity (Wildman–Crippen MR) is 134 cm³/mol. The monoisotopic (exact) mass is 452 g/mol. The summed E-state index contributed by atoms with van der Waals surface area (Å²) in [4.78, 5) is 33.3. The zero-order valence-corrected chi connectivity index (χ0v) is 19.7. The average Bonchev–Trinajstić information content (AvgIpc) is 2.94. The van der Waals surface area contributed by atoms with Gasteiger partial charge in [-0.25, -0.2) is 0 Å². The van der Waals surface area contributed by atoms with Crippen molar-refractivity contribution in [3.8, 4) is 11.5 Å². The zero-order chi connectivity index (χ0) is 23.9. The molecule has 5 nitrogen and oxygen atoms in total. The predicted octanol–water partition coefficient (Wildman–Crippen LogP) is 6.66. The minimum atomic E-state index is -0.481. The summed E-state index contributed by atoms with van der Waals surface area (Å²) in [6.07, 6.45) is 1.18. The van der Waals surface area contributed by atoms with Crippen LogP contribution in [0.15, 0.2) is 83.9 Å². The molecule has 172 valence electrons. The van der Waals surface area contributed by atoms with Crippen molar-refractivity contribution in [3.63, 3.8) is 0 Å². The Labute approximate surface area is 200 Å². The second-order valence-corrected chi connectivity index (χ2v) is 9.87. The molecular formula is C29H28N2O3. The third-order valence-corrected chi connectivity index (χ3v) is 6.56. The van der Waals surface area contributed by atoms with Crippen LogP contribution in [0.2, 0.25) is 0 Å². The van der Waals surface area contributed by atoms with Gasteiger partial charge in [0.1, 0.15) is 17.3 Å². The summed E-state index contributed by atoms with van der Waals surface area (Å²) >= 11 is 0. The molecule has 0 radical (unpaired) electrons. The molecule has 2 aliphatic rings. The maximum absolute atomic E-state index is 13.6. The normalized spacial score (nSPS) is 21.1. The molecule has 5 rings (SSSR count). The summed E-state index contributed by atoms with van der Waals surface area (Å²) < 4.78 is 5.96. The van der Waals surface area contributed by atoms with Gasteiger partial charge in [0.05, 0.1) is 23.3 Å². The fourth-order valence-corrected chi connectivity index (χ4v) is 5.18. The number of ketones is 1. The van der Waals surface area contributed by atoms with Crippen LogP contribution in [0.5, 0.6) is 11.5 Å². The first-order valence-electron chi connectivity index (χ1n) is 11.6. The van der Waals surface area contributed by atoms with Crippen molar-refractivity contribution in [2.45, 2.75) is 39.7 Å². The number of nitrogens with zero attached hydrogens (tertiary/aromatic N) is 2. The standard InChI is InChI=1S/C29H28N2O3/c1-19(32)31-25-12-8-7-11-23(25)30-24-17-29(2,3)18-26(33)27(24)28(31)20-13-15-22(16-14-20)34-21-9-5-4-6-10-21/h4-16,27-28H,17-18H2,1-3H3. The Morgan fingerprint density at radius 1 is 0.912 bits per heavy atom. The minimum Gasteiger partial charge on any atom is -0.457 e. The van der Waals surface area contributed by atoms with Crippen molar-refractivity contribution < 1.29 is 14.3 Å². The van der Waals surface area contributed by atoms with E-state index < -0.39 is 12.0 Å². The summed E-state index contributed by atoms with van der Waals surface area (Å²) in [5.41, 5.74) is 3.04. The van der Waals surface area contributed by atoms with Gasteiger partial charge in [-0.05, 0) is 53.8 Å². The molecule has 5 heteroatoms. The van der Waals surface area contributed by atoms with E-state index in [-0.39, 0.29) is 17.1 Å². The lowest BCUT2D eigenvalue weighted by Gasteiger charge is -2.40.